The molecule has 4 N–H and O–H groups in total. The Morgan fingerprint density at radius 3 is 2.89 bits per heavy atom. The monoisotopic (exact) mass is 253 g/mol. The number of hydrogen-bond acceptors (Lipinski definition) is 4. The molecule has 1 aromatic carbocycles. The molecule has 94 valence electrons. The lowest BCUT2D eigenvalue weighted by Gasteiger charge is -2.06. The molecular weight excluding hydrogens is 244 g/mol. The van der Waals surface area contributed by atoms with Crippen LogP contribution in [0.1, 0.15) is 16.2 Å². The van der Waals surface area contributed by atoms with E-state index in [4.69, 9.17) is 5.73 Å². The molecule has 1 aromatic heterocycles. The third kappa shape index (κ3) is 2.42. The third-order valence-electron chi connectivity index (χ3n) is 2.19. The predicted octanol–water partition coefficient (Wildman–Crippen LogP) is 0.595. The Bertz CT molecular complexity index is 570. The quantitative estimate of drug-likeness (QED) is 0.697. The molecule has 0 unspecified atom stereocenters. The minimum absolute atomic E-state index is 0.0225. The first-order valence-corrected chi connectivity index (χ1v) is 4.95. The molecule has 8 heteroatoms. The number of benzene rings is 1. The van der Waals surface area contributed by atoms with Crippen LogP contribution in [0, 0.1) is 11.6 Å². The molecule has 0 atom stereocenters. The van der Waals surface area contributed by atoms with Crippen molar-refractivity contribution in [3.05, 3.63) is 41.5 Å². The van der Waals surface area contributed by atoms with Crippen LogP contribution in [-0.2, 0) is 6.54 Å². The largest absolute Gasteiger partial charge is 0.396 e. The van der Waals surface area contributed by atoms with Gasteiger partial charge in [-0.2, -0.15) is 5.10 Å². The van der Waals surface area contributed by atoms with Crippen LogP contribution >= 0.6 is 0 Å². The number of aromatic nitrogens is 3. The Labute approximate surface area is 100 Å². The lowest BCUT2D eigenvalue weighted by Crippen LogP contribution is -2.25. The molecule has 18 heavy (non-hydrogen) atoms. The fraction of sp³-hybridized carbons (Fsp3) is 0.100. The van der Waals surface area contributed by atoms with E-state index in [9.17, 15) is 13.6 Å². The predicted molar refractivity (Wildman–Crippen MR) is 58.3 cm³/mol. The lowest BCUT2D eigenvalue weighted by molar-refractivity contribution is 0.0945. The number of aromatic amines is 1. The van der Waals surface area contributed by atoms with E-state index >= 15 is 0 Å². The van der Waals surface area contributed by atoms with Gasteiger partial charge in [-0.15, -0.1) is 0 Å². The number of nitrogens with zero attached hydrogens (tertiary/aromatic N) is 2. The van der Waals surface area contributed by atoms with Gasteiger partial charge in [-0.1, -0.05) is 0 Å². The Kier molecular flexibility index (Phi) is 3.18. The van der Waals surface area contributed by atoms with Crippen molar-refractivity contribution in [2.45, 2.75) is 6.54 Å². The van der Waals surface area contributed by atoms with E-state index in [0.717, 1.165) is 12.1 Å². The zero-order valence-corrected chi connectivity index (χ0v) is 9.08. The highest BCUT2D eigenvalue weighted by Gasteiger charge is 2.16. The molecule has 0 aliphatic heterocycles. The topological polar surface area (TPSA) is 96.7 Å². The highest BCUT2D eigenvalue weighted by Crippen LogP contribution is 2.17. The van der Waals surface area contributed by atoms with Gasteiger partial charge in [-0.25, -0.2) is 13.8 Å². The number of rotatable bonds is 3. The number of nitrogens with one attached hydrogen (secondary N) is 2. The molecule has 0 radical (unpaired) electrons. The SMILES string of the molecule is Nc1cc(F)cc(C(=O)NCc2ncn[nH]2)c1F. The molecule has 0 aliphatic rings. The van der Waals surface area contributed by atoms with E-state index in [2.05, 4.69) is 20.5 Å². The van der Waals surface area contributed by atoms with Gasteiger partial charge in [0.15, 0.2) is 5.82 Å². The van der Waals surface area contributed by atoms with Crippen molar-refractivity contribution in [2.75, 3.05) is 5.73 Å². The van der Waals surface area contributed by atoms with E-state index in [1.54, 1.807) is 0 Å². The maximum Gasteiger partial charge on any atom is 0.254 e. The smallest absolute Gasteiger partial charge is 0.254 e. The van der Waals surface area contributed by atoms with E-state index in [1.165, 1.54) is 6.33 Å². The number of anilines is 1. The van der Waals surface area contributed by atoms with Gasteiger partial charge in [0.05, 0.1) is 17.8 Å². The van der Waals surface area contributed by atoms with Crippen molar-refractivity contribution < 1.29 is 13.6 Å². The third-order valence-corrected chi connectivity index (χ3v) is 2.19. The van der Waals surface area contributed by atoms with Gasteiger partial charge in [-0.05, 0) is 12.1 Å². The van der Waals surface area contributed by atoms with Gasteiger partial charge in [0.25, 0.3) is 5.91 Å². The number of amides is 1. The second kappa shape index (κ2) is 4.78. The number of nitrogen functional groups attached to an aromatic ring is 1. The number of carbonyl (C=O) groups is 1. The molecule has 2 rings (SSSR count). The molecule has 0 fully saturated rings. The molecule has 0 aliphatic carbocycles. The second-order valence-electron chi connectivity index (χ2n) is 3.47. The normalized spacial score (nSPS) is 10.3. The maximum absolute atomic E-state index is 13.5. The van der Waals surface area contributed by atoms with E-state index < -0.39 is 28.8 Å². The van der Waals surface area contributed by atoms with Gasteiger partial charge >= 0.3 is 0 Å². The Balaban J connectivity index is 2.14. The van der Waals surface area contributed by atoms with Gasteiger partial charge in [-0.3, -0.25) is 9.89 Å². The lowest BCUT2D eigenvalue weighted by atomic mass is 10.1. The highest BCUT2D eigenvalue weighted by molar-refractivity contribution is 5.95. The van der Waals surface area contributed by atoms with E-state index in [0.29, 0.717) is 5.82 Å². The molecule has 0 saturated heterocycles. The first-order valence-electron chi connectivity index (χ1n) is 4.95. The summed E-state index contributed by atoms with van der Waals surface area (Å²) < 4.78 is 26.5. The second-order valence-corrected chi connectivity index (χ2v) is 3.47. The minimum atomic E-state index is -0.952. The first kappa shape index (κ1) is 12.0. The first-order chi connectivity index (χ1) is 8.58. The van der Waals surface area contributed by atoms with Gasteiger partial charge in [0.2, 0.25) is 0 Å². The van der Waals surface area contributed by atoms with Crippen LogP contribution in [0.15, 0.2) is 18.5 Å². The van der Waals surface area contributed by atoms with Gasteiger partial charge < -0.3 is 11.1 Å². The van der Waals surface area contributed by atoms with E-state index in [1.807, 2.05) is 0 Å². The summed E-state index contributed by atoms with van der Waals surface area (Å²) in [5.74, 6) is -2.12. The molecule has 1 heterocycles. The molecule has 0 bridgehead atoms. The fourth-order valence-electron chi connectivity index (χ4n) is 1.35. The Morgan fingerprint density at radius 1 is 1.44 bits per heavy atom. The van der Waals surface area contributed by atoms with Crippen molar-refractivity contribution in [1.82, 2.24) is 20.5 Å². The van der Waals surface area contributed by atoms with Crippen LogP contribution < -0.4 is 11.1 Å². The summed E-state index contributed by atoms with van der Waals surface area (Å²) in [5.41, 5.74) is 4.36. The summed E-state index contributed by atoms with van der Waals surface area (Å²) in [4.78, 5) is 15.4. The summed E-state index contributed by atoms with van der Waals surface area (Å²) in [6.45, 7) is 0.0225. The standard InChI is InChI=1S/C10H9F2N5O/c11-5-1-6(9(12)7(13)2-5)10(18)14-3-8-15-4-16-17-8/h1-2,4H,3,13H2,(H,14,18)(H,15,16,17). The minimum Gasteiger partial charge on any atom is -0.396 e. The van der Waals surface area contributed by atoms with Crippen LogP contribution in [-0.4, -0.2) is 21.1 Å². The van der Waals surface area contributed by atoms with Crippen molar-refractivity contribution in [3.63, 3.8) is 0 Å². The molecule has 0 saturated carbocycles. The van der Waals surface area contributed by atoms with Crippen LogP contribution in [0.2, 0.25) is 0 Å². The van der Waals surface area contributed by atoms with Gasteiger partial charge in [0.1, 0.15) is 18.0 Å². The summed E-state index contributed by atoms with van der Waals surface area (Å²) in [6.07, 6.45) is 1.27. The number of nitrogens with two attached hydrogens (primary N) is 1. The highest BCUT2D eigenvalue weighted by atomic mass is 19.1. The number of carbonyl (C=O) groups excluding carboxylic acids is 1. The zero-order valence-electron chi connectivity index (χ0n) is 9.08. The number of hydrogen-bond donors (Lipinski definition) is 3. The van der Waals surface area contributed by atoms with Crippen LogP contribution in [0.25, 0.3) is 0 Å². The average Bonchev–Trinajstić information content (AvgIpc) is 2.83. The van der Waals surface area contributed by atoms with Crippen molar-refractivity contribution >= 4 is 11.6 Å². The van der Waals surface area contributed by atoms with E-state index in [-0.39, 0.29) is 6.54 Å². The summed E-state index contributed by atoms with van der Waals surface area (Å²) in [6, 6.07) is 1.59. The molecule has 1 amide bonds. The van der Waals surface area contributed by atoms with Gasteiger partial charge in [0, 0.05) is 0 Å². The Morgan fingerprint density at radius 2 is 2.22 bits per heavy atom. The maximum atomic E-state index is 13.5. The molecule has 0 spiro atoms. The molecule has 2 aromatic rings. The van der Waals surface area contributed by atoms with Crippen LogP contribution in [0.5, 0.6) is 0 Å². The number of H-pyrrole nitrogens is 1. The van der Waals surface area contributed by atoms with Crippen LogP contribution in [0.3, 0.4) is 0 Å². The van der Waals surface area contributed by atoms with Crippen molar-refractivity contribution in [3.8, 4) is 0 Å². The average molecular weight is 253 g/mol. The van der Waals surface area contributed by atoms with Crippen LogP contribution in [0.4, 0.5) is 14.5 Å². The fourth-order valence-corrected chi connectivity index (χ4v) is 1.35. The van der Waals surface area contributed by atoms with Crippen molar-refractivity contribution in [1.29, 1.82) is 0 Å². The summed E-state index contributed by atoms with van der Waals surface area (Å²) in [7, 11) is 0. The Hall–Kier alpha value is -2.51. The summed E-state index contributed by atoms with van der Waals surface area (Å²) >= 11 is 0. The molecule has 6 nitrogen and oxygen atoms in total. The number of halogens is 2. The summed E-state index contributed by atoms with van der Waals surface area (Å²) in [5, 5.41) is 8.45. The molecular formula is C10H9F2N5O. The zero-order chi connectivity index (χ0) is 13.1. The van der Waals surface area contributed by atoms with Crippen molar-refractivity contribution in [2.24, 2.45) is 0 Å².